The number of unbranched alkanes of at least 4 members (excludes halogenated alkanes) is 2. The summed E-state index contributed by atoms with van der Waals surface area (Å²) < 4.78 is 0. The number of amides is 1. The molecule has 7 heteroatoms. The standard InChI is InChI=1S/C20H33N5O2/c1-16(19(26)25-27-18-9-5-2-6-10-18)8-4-3-7-13-23-20(21)24-17-11-14-22-15-12-17/h11-12,14-16,18H,2-10,13H2,1H3,(H,25,26)(H3,21,22,23,24)/t16-/m0/s1. The van der Waals surface area contributed by atoms with Crippen molar-refractivity contribution in [2.24, 2.45) is 16.6 Å². The van der Waals surface area contributed by atoms with Crippen molar-refractivity contribution in [2.45, 2.75) is 70.8 Å². The third-order valence-corrected chi connectivity index (χ3v) is 4.86. The van der Waals surface area contributed by atoms with Gasteiger partial charge in [-0.05, 0) is 37.8 Å². The SMILES string of the molecule is C[C@@H](CCCCCN=C(N)Nc1ccncc1)C(=O)NOC1CCCCC1. The Morgan fingerprint density at radius 3 is 2.74 bits per heavy atom. The van der Waals surface area contributed by atoms with E-state index in [1.165, 1.54) is 19.3 Å². The number of pyridine rings is 1. The first kappa shape index (κ1) is 21.2. The highest BCUT2D eigenvalue weighted by Gasteiger charge is 2.17. The third-order valence-electron chi connectivity index (χ3n) is 4.86. The lowest BCUT2D eigenvalue weighted by molar-refractivity contribution is -0.144. The highest BCUT2D eigenvalue weighted by molar-refractivity contribution is 5.92. The van der Waals surface area contributed by atoms with Gasteiger partial charge < -0.3 is 11.1 Å². The Labute approximate surface area is 162 Å². The molecule has 0 aromatic carbocycles. The predicted molar refractivity (Wildman–Crippen MR) is 108 cm³/mol. The van der Waals surface area contributed by atoms with E-state index >= 15 is 0 Å². The molecule has 27 heavy (non-hydrogen) atoms. The molecule has 2 rings (SSSR count). The fourth-order valence-electron chi connectivity index (χ4n) is 3.12. The Balaban J connectivity index is 1.51. The summed E-state index contributed by atoms with van der Waals surface area (Å²) in [5.41, 5.74) is 9.38. The molecular weight excluding hydrogens is 342 g/mol. The molecule has 0 saturated heterocycles. The van der Waals surface area contributed by atoms with Crippen LogP contribution in [0.4, 0.5) is 5.69 Å². The first-order valence-electron chi connectivity index (χ1n) is 10.1. The molecule has 1 aliphatic rings. The number of guanidine groups is 1. The Kier molecular flexibility index (Phi) is 9.62. The van der Waals surface area contributed by atoms with Crippen molar-refractivity contribution in [3.05, 3.63) is 24.5 Å². The summed E-state index contributed by atoms with van der Waals surface area (Å²) >= 11 is 0. The van der Waals surface area contributed by atoms with Crippen molar-refractivity contribution in [1.29, 1.82) is 0 Å². The molecule has 0 bridgehead atoms. The number of nitrogens with two attached hydrogens (primary N) is 1. The topological polar surface area (TPSA) is 102 Å². The van der Waals surface area contributed by atoms with Gasteiger partial charge in [-0.1, -0.05) is 39.0 Å². The quantitative estimate of drug-likeness (QED) is 0.252. The first-order chi connectivity index (χ1) is 13.1. The lowest BCUT2D eigenvalue weighted by atomic mass is 9.98. The van der Waals surface area contributed by atoms with E-state index in [1.807, 2.05) is 19.1 Å². The fourth-order valence-corrected chi connectivity index (χ4v) is 3.12. The maximum Gasteiger partial charge on any atom is 0.246 e. The van der Waals surface area contributed by atoms with E-state index in [1.54, 1.807) is 12.4 Å². The third kappa shape index (κ3) is 8.86. The number of hydroxylamine groups is 1. The van der Waals surface area contributed by atoms with Crippen LogP contribution in [0.5, 0.6) is 0 Å². The van der Waals surface area contributed by atoms with Crippen LogP contribution in [-0.2, 0) is 9.63 Å². The molecule has 7 nitrogen and oxygen atoms in total. The molecule has 1 heterocycles. The molecule has 1 atom stereocenters. The van der Waals surface area contributed by atoms with Gasteiger partial charge in [0.2, 0.25) is 5.91 Å². The van der Waals surface area contributed by atoms with Crippen LogP contribution in [0.2, 0.25) is 0 Å². The second kappa shape index (κ2) is 12.3. The van der Waals surface area contributed by atoms with Crippen LogP contribution in [0.3, 0.4) is 0 Å². The smallest absolute Gasteiger partial charge is 0.246 e. The number of aromatic nitrogens is 1. The van der Waals surface area contributed by atoms with Crippen molar-refractivity contribution >= 4 is 17.6 Å². The van der Waals surface area contributed by atoms with Gasteiger partial charge in [-0.25, -0.2) is 5.48 Å². The van der Waals surface area contributed by atoms with Gasteiger partial charge >= 0.3 is 0 Å². The maximum absolute atomic E-state index is 12.1. The number of hydrogen-bond donors (Lipinski definition) is 3. The van der Waals surface area contributed by atoms with E-state index < -0.39 is 0 Å². The normalized spacial score (nSPS) is 16.7. The largest absolute Gasteiger partial charge is 0.370 e. The first-order valence-corrected chi connectivity index (χ1v) is 10.1. The molecule has 4 N–H and O–H groups in total. The lowest BCUT2D eigenvalue weighted by Gasteiger charge is -2.22. The molecule has 1 aromatic rings. The molecule has 1 fully saturated rings. The van der Waals surface area contributed by atoms with Gasteiger partial charge in [-0.15, -0.1) is 0 Å². The minimum absolute atomic E-state index is 0.00982. The average Bonchev–Trinajstić information content (AvgIpc) is 2.70. The average molecular weight is 376 g/mol. The van der Waals surface area contributed by atoms with E-state index in [2.05, 4.69) is 20.8 Å². The van der Waals surface area contributed by atoms with Gasteiger partial charge in [0.05, 0.1) is 6.10 Å². The van der Waals surface area contributed by atoms with Gasteiger partial charge in [-0.2, -0.15) is 0 Å². The van der Waals surface area contributed by atoms with E-state index in [0.29, 0.717) is 12.5 Å². The number of aliphatic imine (C=N–C) groups is 1. The lowest BCUT2D eigenvalue weighted by Crippen LogP contribution is -2.34. The Morgan fingerprint density at radius 1 is 1.26 bits per heavy atom. The van der Waals surface area contributed by atoms with Crippen LogP contribution >= 0.6 is 0 Å². The number of nitrogens with zero attached hydrogens (tertiary/aromatic N) is 2. The number of hydrogen-bond acceptors (Lipinski definition) is 4. The zero-order chi connectivity index (χ0) is 19.3. The molecule has 150 valence electrons. The number of carbonyl (C=O) groups is 1. The Bertz CT molecular complexity index is 573. The highest BCUT2D eigenvalue weighted by Crippen LogP contribution is 2.19. The van der Waals surface area contributed by atoms with E-state index in [9.17, 15) is 4.79 Å². The summed E-state index contributed by atoms with van der Waals surface area (Å²) in [6, 6.07) is 3.68. The summed E-state index contributed by atoms with van der Waals surface area (Å²) in [5.74, 6) is 0.369. The molecule has 0 unspecified atom stereocenters. The Morgan fingerprint density at radius 2 is 2.00 bits per heavy atom. The van der Waals surface area contributed by atoms with Crippen molar-refractivity contribution in [3.63, 3.8) is 0 Å². The van der Waals surface area contributed by atoms with Crippen molar-refractivity contribution < 1.29 is 9.63 Å². The second-order valence-electron chi connectivity index (χ2n) is 7.22. The summed E-state index contributed by atoms with van der Waals surface area (Å²) in [6.45, 7) is 2.63. The molecule has 1 aromatic heterocycles. The van der Waals surface area contributed by atoms with Gasteiger partial charge in [0.1, 0.15) is 0 Å². The summed E-state index contributed by atoms with van der Waals surface area (Å²) in [7, 11) is 0. The molecule has 0 aliphatic heterocycles. The molecule has 1 aliphatic carbocycles. The van der Waals surface area contributed by atoms with Crippen LogP contribution in [0.25, 0.3) is 0 Å². The van der Waals surface area contributed by atoms with Crippen LogP contribution in [0.1, 0.15) is 64.7 Å². The Hall–Kier alpha value is -2.15. The minimum atomic E-state index is -0.0319. The maximum atomic E-state index is 12.1. The molecule has 1 amide bonds. The molecular formula is C20H33N5O2. The molecule has 0 radical (unpaired) electrons. The summed E-state index contributed by atoms with van der Waals surface area (Å²) in [6.07, 6.45) is 13.2. The number of rotatable bonds is 10. The van der Waals surface area contributed by atoms with E-state index in [0.717, 1.165) is 44.2 Å². The van der Waals surface area contributed by atoms with Crippen LogP contribution in [0, 0.1) is 5.92 Å². The van der Waals surface area contributed by atoms with Crippen LogP contribution in [-0.4, -0.2) is 29.5 Å². The zero-order valence-electron chi connectivity index (χ0n) is 16.3. The van der Waals surface area contributed by atoms with Gasteiger partial charge in [0, 0.05) is 30.5 Å². The predicted octanol–water partition coefficient (Wildman–Crippen LogP) is 3.39. The molecule has 0 spiro atoms. The number of nitrogens with one attached hydrogen (secondary N) is 2. The highest BCUT2D eigenvalue weighted by atomic mass is 16.7. The second-order valence-corrected chi connectivity index (χ2v) is 7.22. The van der Waals surface area contributed by atoms with Gasteiger partial charge in [0.15, 0.2) is 5.96 Å². The van der Waals surface area contributed by atoms with E-state index in [-0.39, 0.29) is 17.9 Å². The molecule has 1 saturated carbocycles. The van der Waals surface area contributed by atoms with Gasteiger partial charge in [-0.3, -0.25) is 19.6 Å². The minimum Gasteiger partial charge on any atom is -0.370 e. The summed E-state index contributed by atoms with van der Waals surface area (Å²) in [4.78, 5) is 25.9. The monoisotopic (exact) mass is 375 g/mol. The van der Waals surface area contributed by atoms with Crippen LogP contribution < -0.4 is 16.5 Å². The zero-order valence-corrected chi connectivity index (χ0v) is 16.3. The van der Waals surface area contributed by atoms with Crippen molar-refractivity contribution in [1.82, 2.24) is 10.5 Å². The van der Waals surface area contributed by atoms with Crippen molar-refractivity contribution in [2.75, 3.05) is 11.9 Å². The van der Waals surface area contributed by atoms with Gasteiger partial charge in [0.25, 0.3) is 0 Å². The van der Waals surface area contributed by atoms with Crippen LogP contribution in [0.15, 0.2) is 29.5 Å². The number of anilines is 1. The van der Waals surface area contributed by atoms with Crippen molar-refractivity contribution in [3.8, 4) is 0 Å². The van der Waals surface area contributed by atoms with E-state index in [4.69, 9.17) is 10.6 Å². The fraction of sp³-hybridized carbons (Fsp3) is 0.650. The summed E-state index contributed by atoms with van der Waals surface area (Å²) in [5, 5.41) is 3.03. The number of carbonyl (C=O) groups excluding carboxylic acids is 1.